The number of benzene rings is 1. The molecule has 0 aliphatic carbocycles. The molecule has 1 unspecified atom stereocenters. The maximum Gasteiger partial charge on any atom is 0.123 e. The van der Waals surface area contributed by atoms with Gasteiger partial charge in [-0.2, -0.15) is 0 Å². The Balaban J connectivity index is 1.97. The molecule has 1 aliphatic rings. The lowest BCUT2D eigenvalue weighted by Gasteiger charge is -2.09. The van der Waals surface area contributed by atoms with Gasteiger partial charge in [-0.25, -0.2) is 4.39 Å². The number of hydrogen-bond donors (Lipinski definition) is 1. The molecule has 0 aromatic heterocycles. The van der Waals surface area contributed by atoms with Crippen LogP contribution in [0.3, 0.4) is 0 Å². The average molecular weight is 179 g/mol. The van der Waals surface area contributed by atoms with Crippen molar-refractivity contribution in [3.05, 3.63) is 35.6 Å². The third-order valence-electron chi connectivity index (χ3n) is 2.56. The Morgan fingerprint density at radius 2 is 2.08 bits per heavy atom. The molecule has 1 fully saturated rings. The van der Waals surface area contributed by atoms with Gasteiger partial charge in [-0.1, -0.05) is 12.1 Å². The fraction of sp³-hybridized carbons (Fsp3) is 0.455. The highest BCUT2D eigenvalue weighted by Gasteiger charge is 2.13. The van der Waals surface area contributed by atoms with Crippen molar-refractivity contribution in [1.82, 2.24) is 5.32 Å². The third-order valence-corrected chi connectivity index (χ3v) is 2.56. The summed E-state index contributed by atoms with van der Waals surface area (Å²) >= 11 is 0. The zero-order valence-corrected chi connectivity index (χ0v) is 7.59. The Bertz CT molecular complexity index is 262. The van der Waals surface area contributed by atoms with E-state index in [1.165, 1.54) is 30.5 Å². The van der Waals surface area contributed by atoms with E-state index >= 15 is 0 Å². The highest BCUT2D eigenvalue weighted by atomic mass is 19.1. The van der Waals surface area contributed by atoms with Gasteiger partial charge in [0.15, 0.2) is 0 Å². The van der Waals surface area contributed by atoms with E-state index in [0.717, 1.165) is 13.0 Å². The topological polar surface area (TPSA) is 12.0 Å². The van der Waals surface area contributed by atoms with Crippen molar-refractivity contribution in [3.8, 4) is 0 Å². The van der Waals surface area contributed by atoms with Gasteiger partial charge in [0.25, 0.3) is 0 Å². The van der Waals surface area contributed by atoms with Crippen LogP contribution in [-0.2, 0) is 6.42 Å². The first-order valence-electron chi connectivity index (χ1n) is 4.82. The van der Waals surface area contributed by atoms with Crippen LogP contribution in [-0.4, -0.2) is 12.6 Å². The van der Waals surface area contributed by atoms with Crippen molar-refractivity contribution in [3.63, 3.8) is 0 Å². The minimum Gasteiger partial charge on any atom is -0.314 e. The molecule has 0 bridgehead atoms. The Morgan fingerprint density at radius 3 is 2.69 bits per heavy atom. The van der Waals surface area contributed by atoms with Gasteiger partial charge >= 0.3 is 0 Å². The van der Waals surface area contributed by atoms with E-state index < -0.39 is 0 Å². The molecule has 0 spiro atoms. The van der Waals surface area contributed by atoms with Crippen LogP contribution >= 0.6 is 0 Å². The summed E-state index contributed by atoms with van der Waals surface area (Å²) in [5, 5.41) is 3.43. The first-order chi connectivity index (χ1) is 6.34. The van der Waals surface area contributed by atoms with Gasteiger partial charge in [0.1, 0.15) is 5.82 Å². The van der Waals surface area contributed by atoms with Gasteiger partial charge in [0, 0.05) is 6.04 Å². The summed E-state index contributed by atoms with van der Waals surface area (Å²) in [7, 11) is 0. The second kappa shape index (κ2) is 3.88. The van der Waals surface area contributed by atoms with Gasteiger partial charge in [-0.3, -0.25) is 0 Å². The van der Waals surface area contributed by atoms with Gasteiger partial charge in [0.05, 0.1) is 0 Å². The first kappa shape index (κ1) is 8.70. The third kappa shape index (κ3) is 2.28. The van der Waals surface area contributed by atoms with Crippen LogP contribution in [0, 0.1) is 5.82 Å². The molecule has 1 aliphatic heterocycles. The van der Waals surface area contributed by atoms with Gasteiger partial charge in [0.2, 0.25) is 0 Å². The van der Waals surface area contributed by atoms with Gasteiger partial charge in [-0.15, -0.1) is 0 Å². The summed E-state index contributed by atoms with van der Waals surface area (Å²) in [5.41, 5.74) is 1.22. The molecule has 0 amide bonds. The molecule has 70 valence electrons. The largest absolute Gasteiger partial charge is 0.314 e. The van der Waals surface area contributed by atoms with Crippen LogP contribution in [0.15, 0.2) is 24.3 Å². The zero-order valence-electron chi connectivity index (χ0n) is 7.59. The van der Waals surface area contributed by atoms with E-state index in [2.05, 4.69) is 5.32 Å². The molecule has 0 saturated carbocycles. The number of halogens is 1. The summed E-state index contributed by atoms with van der Waals surface area (Å²) in [5.74, 6) is -0.150. The minimum absolute atomic E-state index is 0.150. The molecule has 1 saturated heterocycles. The smallest absolute Gasteiger partial charge is 0.123 e. The van der Waals surface area contributed by atoms with Gasteiger partial charge < -0.3 is 5.32 Å². The Hall–Kier alpha value is -0.890. The van der Waals surface area contributed by atoms with Crippen molar-refractivity contribution < 1.29 is 4.39 Å². The first-order valence-corrected chi connectivity index (χ1v) is 4.82. The number of nitrogens with one attached hydrogen (secondary N) is 1. The van der Waals surface area contributed by atoms with Crippen LogP contribution < -0.4 is 5.32 Å². The van der Waals surface area contributed by atoms with Gasteiger partial charge in [-0.05, 0) is 43.5 Å². The molecule has 0 radical (unpaired) electrons. The Morgan fingerprint density at radius 1 is 1.31 bits per heavy atom. The normalized spacial score (nSPS) is 22.1. The standard InChI is InChI=1S/C11H14FN/c12-10-5-3-9(4-6-10)8-11-2-1-7-13-11/h3-6,11,13H,1-2,7-8H2. The fourth-order valence-corrected chi connectivity index (χ4v) is 1.84. The molecule has 1 aromatic carbocycles. The lowest BCUT2D eigenvalue weighted by molar-refractivity contribution is 0.598. The summed E-state index contributed by atoms with van der Waals surface area (Å²) < 4.78 is 12.6. The van der Waals surface area contributed by atoms with Crippen molar-refractivity contribution in [1.29, 1.82) is 0 Å². The number of hydrogen-bond acceptors (Lipinski definition) is 1. The quantitative estimate of drug-likeness (QED) is 0.733. The highest BCUT2D eigenvalue weighted by molar-refractivity contribution is 5.17. The SMILES string of the molecule is Fc1ccc(CC2CCCN2)cc1. The maximum absolute atomic E-state index is 12.6. The van der Waals surface area contributed by atoms with Crippen LogP contribution in [0.1, 0.15) is 18.4 Å². The van der Waals surface area contributed by atoms with E-state index in [1.54, 1.807) is 0 Å². The highest BCUT2D eigenvalue weighted by Crippen LogP contribution is 2.12. The monoisotopic (exact) mass is 179 g/mol. The molecule has 1 N–H and O–H groups in total. The summed E-state index contributed by atoms with van der Waals surface area (Å²) in [4.78, 5) is 0. The maximum atomic E-state index is 12.6. The van der Waals surface area contributed by atoms with Crippen molar-refractivity contribution in [2.45, 2.75) is 25.3 Å². The van der Waals surface area contributed by atoms with E-state index in [-0.39, 0.29) is 5.82 Å². The average Bonchev–Trinajstić information content (AvgIpc) is 2.62. The number of rotatable bonds is 2. The fourth-order valence-electron chi connectivity index (χ4n) is 1.84. The summed E-state index contributed by atoms with van der Waals surface area (Å²) in [6, 6.07) is 7.41. The van der Waals surface area contributed by atoms with Crippen molar-refractivity contribution >= 4 is 0 Å². The second-order valence-electron chi connectivity index (χ2n) is 3.62. The second-order valence-corrected chi connectivity index (χ2v) is 3.62. The minimum atomic E-state index is -0.150. The van der Waals surface area contributed by atoms with Crippen molar-refractivity contribution in [2.24, 2.45) is 0 Å². The lowest BCUT2D eigenvalue weighted by atomic mass is 10.0. The van der Waals surface area contributed by atoms with E-state index in [9.17, 15) is 4.39 Å². The van der Waals surface area contributed by atoms with Crippen molar-refractivity contribution in [2.75, 3.05) is 6.54 Å². The predicted molar refractivity (Wildman–Crippen MR) is 51.1 cm³/mol. The Labute approximate surface area is 78.0 Å². The molecule has 1 nitrogen and oxygen atoms in total. The molecule has 1 atom stereocenters. The van der Waals surface area contributed by atoms with Crippen LogP contribution in [0.25, 0.3) is 0 Å². The van der Waals surface area contributed by atoms with Crippen LogP contribution in [0.4, 0.5) is 4.39 Å². The molecule has 1 aromatic rings. The molecular weight excluding hydrogens is 165 g/mol. The Kier molecular flexibility index (Phi) is 2.60. The van der Waals surface area contributed by atoms with Crippen LogP contribution in [0.5, 0.6) is 0 Å². The molecular formula is C11H14FN. The van der Waals surface area contributed by atoms with Crippen LogP contribution in [0.2, 0.25) is 0 Å². The van der Waals surface area contributed by atoms with E-state index in [0.29, 0.717) is 6.04 Å². The molecule has 13 heavy (non-hydrogen) atoms. The molecule has 1 heterocycles. The zero-order chi connectivity index (χ0) is 9.10. The summed E-state index contributed by atoms with van der Waals surface area (Å²) in [6.45, 7) is 1.13. The lowest BCUT2D eigenvalue weighted by Crippen LogP contribution is -2.23. The van der Waals surface area contributed by atoms with E-state index in [4.69, 9.17) is 0 Å². The predicted octanol–water partition coefficient (Wildman–Crippen LogP) is 2.12. The molecule has 2 heteroatoms. The summed E-state index contributed by atoms with van der Waals surface area (Å²) in [6.07, 6.45) is 3.55. The molecule has 2 rings (SSSR count). The van der Waals surface area contributed by atoms with E-state index in [1.807, 2.05) is 12.1 Å².